The predicted octanol–water partition coefficient (Wildman–Crippen LogP) is 2.65. The topological polar surface area (TPSA) is 17.1 Å². The van der Waals surface area contributed by atoms with E-state index in [0.29, 0.717) is 5.41 Å². The molecule has 0 aromatic rings. The summed E-state index contributed by atoms with van der Waals surface area (Å²) in [5, 5.41) is 0. The highest BCUT2D eigenvalue weighted by atomic mass is 16.1. The molecule has 2 rings (SSSR count). The molecule has 0 heterocycles. The fraction of sp³-hybridized carbons (Fsp3) is 0.909. The summed E-state index contributed by atoms with van der Waals surface area (Å²) in [6, 6.07) is 0. The lowest BCUT2D eigenvalue weighted by molar-refractivity contribution is -0.109. The summed E-state index contributed by atoms with van der Waals surface area (Å²) >= 11 is 0. The third-order valence-corrected chi connectivity index (χ3v) is 4.39. The second-order valence-electron chi connectivity index (χ2n) is 5.10. The van der Waals surface area contributed by atoms with Gasteiger partial charge in [0.2, 0.25) is 0 Å². The van der Waals surface area contributed by atoms with E-state index in [1.54, 1.807) is 0 Å². The Morgan fingerprint density at radius 1 is 1.42 bits per heavy atom. The Morgan fingerprint density at radius 2 is 2.17 bits per heavy atom. The maximum atomic E-state index is 10.4. The Balaban J connectivity index is 2.13. The van der Waals surface area contributed by atoms with Crippen LogP contribution in [0, 0.1) is 23.2 Å². The molecule has 2 saturated carbocycles. The van der Waals surface area contributed by atoms with Gasteiger partial charge in [0.25, 0.3) is 0 Å². The molecule has 1 heteroatoms. The molecule has 0 aliphatic heterocycles. The molecule has 0 amide bonds. The van der Waals surface area contributed by atoms with Crippen LogP contribution in [-0.2, 0) is 4.79 Å². The number of carbonyl (C=O) groups excluding carboxylic acids is 1. The fourth-order valence-corrected chi connectivity index (χ4v) is 3.61. The summed E-state index contributed by atoms with van der Waals surface area (Å²) in [7, 11) is 0. The molecule has 1 nitrogen and oxygen atoms in total. The summed E-state index contributed by atoms with van der Waals surface area (Å²) in [6.07, 6.45) is 6.02. The van der Waals surface area contributed by atoms with Gasteiger partial charge in [-0.15, -0.1) is 0 Å². The number of fused-ring (bicyclic) bond motifs is 2. The molecule has 2 fully saturated rings. The molecule has 2 aliphatic rings. The Morgan fingerprint density at radius 3 is 2.58 bits per heavy atom. The van der Waals surface area contributed by atoms with Crippen LogP contribution in [0.4, 0.5) is 0 Å². The first-order valence-electron chi connectivity index (χ1n) is 5.10. The Bertz CT molecular complexity index is 195. The van der Waals surface area contributed by atoms with Crippen LogP contribution in [-0.4, -0.2) is 6.29 Å². The molecular formula is C11H18O. The zero-order valence-corrected chi connectivity index (χ0v) is 8.05. The van der Waals surface area contributed by atoms with Gasteiger partial charge in [0.15, 0.2) is 0 Å². The number of carbonyl (C=O) groups is 1. The van der Waals surface area contributed by atoms with E-state index in [1.165, 1.54) is 19.3 Å². The van der Waals surface area contributed by atoms with Gasteiger partial charge in [-0.05, 0) is 42.4 Å². The first kappa shape index (κ1) is 8.28. The van der Waals surface area contributed by atoms with Crippen LogP contribution in [0.1, 0.15) is 39.5 Å². The Kier molecular flexibility index (Phi) is 1.78. The van der Waals surface area contributed by atoms with Crippen LogP contribution in [0.2, 0.25) is 0 Å². The van der Waals surface area contributed by atoms with Crippen molar-refractivity contribution in [1.82, 2.24) is 0 Å². The minimum absolute atomic E-state index is 0.535. The van der Waals surface area contributed by atoms with Crippen LogP contribution in [0.25, 0.3) is 0 Å². The zero-order chi connectivity index (χ0) is 8.77. The number of aldehydes is 1. The highest BCUT2D eigenvalue weighted by Crippen LogP contribution is 2.60. The molecule has 0 spiro atoms. The summed E-state index contributed by atoms with van der Waals surface area (Å²) < 4.78 is 0. The fourth-order valence-electron chi connectivity index (χ4n) is 3.61. The van der Waals surface area contributed by atoms with Crippen molar-refractivity contribution in [2.24, 2.45) is 23.2 Å². The molecule has 0 aromatic carbocycles. The smallest absolute Gasteiger partial charge is 0.120 e. The van der Waals surface area contributed by atoms with Crippen molar-refractivity contribution in [2.75, 3.05) is 0 Å². The molecule has 68 valence electrons. The van der Waals surface area contributed by atoms with Gasteiger partial charge < -0.3 is 4.79 Å². The summed E-state index contributed by atoms with van der Waals surface area (Å²) in [4.78, 5) is 10.4. The van der Waals surface area contributed by atoms with Gasteiger partial charge >= 0.3 is 0 Å². The number of hydrogen-bond donors (Lipinski definition) is 0. The van der Waals surface area contributed by atoms with Crippen molar-refractivity contribution in [3.05, 3.63) is 0 Å². The highest BCUT2D eigenvalue weighted by Gasteiger charge is 2.52. The lowest BCUT2D eigenvalue weighted by atomic mass is 9.79. The second kappa shape index (κ2) is 2.58. The second-order valence-corrected chi connectivity index (χ2v) is 5.10. The SMILES string of the molecule is CC1(C)[C@H]2CC[C@@H]1[C@@H](CC=O)C2. The monoisotopic (exact) mass is 166 g/mol. The lowest BCUT2D eigenvalue weighted by Crippen LogP contribution is -2.19. The molecule has 3 atom stereocenters. The maximum absolute atomic E-state index is 10.4. The van der Waals surface area contributed by atoms with E-state index >= 15 is 0 Å². The molecule has 2 aliphatic carbocycles. The van der Waals surface area contributed by atoms with Crippen molar-refractivity contribution >= 4 is 6.29 Å². The first-order chi connectivity index (χ1) is 5.66. The van der Waals surface area contributed by atoms with Gasteiger partial charge in [-0.1, -0.05) is 13.8 Å². The van der Waals surface area contributed by atoms with Crippen LogP contribution in [0.3, 0.4) is 0 Å². The van der Waals surface area contributed by atoms with Crippen molar-refractivity contribution in [1.29, 1.82) is 0 Å². The van der Waals surface area contributed by atoms with Crippen LogP contribution in [0.5, 0.6) is 0 Å². The zero-order valence-electron chi connectivity index (χ0n) is 8.05. The Hall–Kier alpha value is -0.330. The van der Waals surface area contributed by atoms with Gasteiger partial charge in [0, 0.05) is 6.42 Å². The number of hydrogen-bond acceptors (Lipinski definition) is 1. The van der Waals surface area contributed by atoms with Gasteiger partial charge in [0.1, 0.15) is 6.29 Å². The quantitative estimate of drug-likeness (QED) is 0.576. The predicted molar refractivity (Wildman–Crippen MR) is 48.8 cm³/mol. The maximum Gasteiger partial charge on any atom is 0.120 e. The molecule has 2 bridgehead atoms. The molecule has 0 unspecified atom stereocenters. The molecule has 12 heavy (non-hydrogen) atoms. The van der Waals surface area contributed by atoms with Gasteiger partial charge in [-0.2, -0.15) is 0 Å². The highest BCUT2D eigenvalue weighted by molar-refractivity contribution is 5.50. The van der Waals surface area contributed by atoms with Crippen LogP contribution < -0.4 is 0 Å². The summed E-state index contributed by atoms with van der Waals surface area (Å²) in [5.41, 5.74) is 0.535. The van der Waals surface area contributed by atoms with E-state index in [2.05, 4.69) is 13.8 Å². The van der Waals surface area contributed by atoms with Gasteiger partial charge in [-0.25, -0.2) is 0 Å². The minimum atomic E-state index is 0.535. The van der Waals surface area contributed by atoms with Gasteiger partial charge in [0.05, 0.1) is 0 Å². The van der Waals surface area contributed by atoms with Crippen molar-refractivity contribution in [3.8, 4) is 0 Å². The van der Waals surface area contributed by atoms with E-state index in [4.69, 9.17) is 0 Å². The van der Waals surface area contributed by atoms with Gasteiger partial charge in [-0.3, -0.25) is 0 Å². The lowest BCUT2D eigenvalue weighted by Gasteiger charge is -2.25. The minimum Gasteiger partial charge on any atom is -0.303 e. The van der Waals surface area contributed by atoms with Crippen molar-refractivity contribution in [3.63, 3.8) is 0 Å². The standard InChI is InChI=1S/C11H18O/c1-11(2)9-3-4-10(11)8(7-9)5-6-12/h6,8-10H,3-5,7H2,1-2H3/t8-,9-,10+/m0/s1. The van der Waals surface area contributed by atoms with Crippen LogP contribution in [0.15, 0.2) is 0 Å². The largest absolute Gasteiger partial charge is 0.303 e. The molecule has 0 aromatic heterocycles. The molecule has 0 saturated heterocycles. The van der Waals surface area contributed by atoms with E-state index in [1.807, 2.05) is 0 Å². The van der Waals surface area contributed by atoms with E-state index in [0.717, 1.165) is 30.5 Å². The third-order valence-electron chi connectivity index (χ3n) is 4.39. The van der Waals surface area contributed by atoms with E-state index in [9.17, 15) is 4.79 Å². The van der Waals surface area contributed by atoms with Crippen LogP contribution >= 0.6 is 0 Å². The Labute approximate surface area is 74.5 Å². The van der Waals surface area contributed by atoms with E-state index in [-0.39, 0.29) is 0 Å². The molecular weight excluding hydrogens is 148 g/mol. The third kappa shape index (κ3) is 0.949. The average Bonchev–Trinajstić information content (AvgIpc) is 2.41. The average molecular weight is 166 g/mol. The van der Waals surface area contributed by atoms with Crippen molar-refractivity contribution < 1.29 is 4.79 Å². The van der Waals surface area contributed by atoms with Crippen molar-refractivity contribution in [2.45, 2.75) is 39.5 Å². The molecule has 0 N–H and O–H groups in total. The van der Waals surface area contributed by atoms with E-state index < -0.39 is 0 Å². The first-order valence-corrected chi connectivity index (χ1v) is 5.10. The summed E-state index contributed by atoms with van der Waals surface area (Å²) in [5.74, 6) is 2.47. The normalized spacial score (nSPS) is 43.3. The molecule has 0 radical (unpaired) electrons. The summed E-state index contributed by atoms with van der Waals surface area (Å²) in [6.45, 7) is 4.78. The number of rotatable bonds is 2.